The van der Waals surface area contributed by atoms with Gasteiger partial charge in [0.25, 0.3) is 5.91 Å². The van der Waals surface area contributed by atoms with E-state index in [0.29, 0.717) is 39.5 Å². The number of carbonyl (C=O) groups excluding carboxylic acids is 1. The zero-order chi connectivity index (χ0) is 13.9. The van der Waals surface area contributed by atoms with Crippen LogP contribution < -0.4 is 5.32 Å². The van der Waals surface area contributed by atoms with Gasteiger partial charge in [0, 0.05) is 30.7 Å². The van der Waals surface area contributed by atoms with Crippen LogP contribution in [0.4, 0.5) is 0 Å². The van der Waals surface area contributed by atoms with Crippen molar-refractivity contribution in [1.82, 2.24) is 10.2 Å². The summed E-state index contributed by atoms with van der Waals surface area (Å²) in [7, 11) is 0. The van der Waals surface area contributed by atoms with Crippen molar-refractivity contribution < 1.29 is 4.79 Å². The van der Waals surface area contributed by atoms with Crippen LogP contribution in [-0.4, -0.2) is 36.0 Å². The number of carbonyl (C=O) groups is 1. The minimum atomic E-state index is 0.116. The quantitative estimate of drug-likeness (QED) is 0.865. The highest BCUT2D eigenvalue weighted by Crippen LogP contribution is 2.47. The van der Waals surface area contributed by atoms with Gasteiger partial charge < -0.3 is 10.2 Å². The number of benzene rings is 1. The Kier molecular flexibility index (Phi) is 2.99. The highest BCUT2D eigenvalue weighted by atomic mass is 35.5. The molecule has 0 saturated carbocycles. The highest BCUT2D eigenvalue weighted by molar-refractivity contribution is 6.42. The molecule has 106 valence electrons. The van der Waals surface area contributed by atoms with Crippen LogP contribution >= 0.6 is 23.2 Å². The van der Waals surface area contributed by atoms with Gasteiger partial charge in [-0.05, 0) is 42.9 Å². The molecule has 0 unspecified atom stereocenters. The standard InChI is InChI=1S/C15H16Cl2N2O/c16-11-2-1-8(5-12(11)17)15(20)19-13-3-4-14(19)10-7-18-6-9(10)13/h1-2,5,9-10,13-14,18H,3-4,6-7H2/t9-,10+,13-,14+. The molecule has 3 aliphatic rings. The SMILES string of the molecule is O=C(c1ccc(Cl)c(Cl)c1)N1[C@@H]2CC[C@H]1[C@H]1CNC[C@H]12. The van der Waals surface area contributed by atoms with E-state index < -0.39 is 0 Å². The molecule has 1 amide bonds. The van der Waals surface area contributed by atoms with E-state index in [2.05, 4.69) is 10.2 Å². The van der Waals surface area contributed by atoms with Crippen molar-refractivity contribution in [2.24, 2.45) is 11.8 Å². The van der Waals surface area contributed by atoms with Gasteiger partial charge in [0.05, 0.1) is 10.0 Å². The topological polar surface area (TPSA) is 32.3 Å². The molecule has 4 rings (SSSR count). The van der Waals surface area contributed by atoms with Crippen LogP contribution in [0.25, 0.3) is 0 Å². The Morgan fingerprint density at radius 1 is 1.10 bits per heavy atom. The molecule has 0 radical (unpaired) electrons. The Morgan fingerprint density at radius 2 is 1.75 bits per heavy atom. The van der Waals surface area contributed by atoms with E-state index in [4.69, 9.17) is 23.2 Å². The molecule has 3 heterocycles. The van der Waals surface area contributed by atoms with Crippen LogP contribution in [-0.2, 0) is 0 Å². The van der Waals surface area contributed by atoms with Crippen molar-refractivity contribution in [3.8, 4) is 0 Å². The molecule has 3 saturated heterocycles. The number of halogens is 2. The summed E-state index contributed by atoms with van der Waals surface area (Å²) in [5.41, 5.74) is 0.657. The molecular formula is C15H16Cl2N2O. The van der Waals surface area contributed by atoms with Crippen molar-refractivity contribution in [2.45, 2.75) is 24.9 Å². The lowest BCUT2D eigenvalue weighted by Crippen LogP contribution is -2.39. The number of rotatable bonds is 1. The van der Waals surface area contributed by atoms with Gasteiger partial charge in [0.1, 0.15) is 0 Å². The molecule has 4 atom stereocenters. The summed E-state index contributed by atoms with van der Waals surface area (Å²) in [6, 6.07) is 5.99. The molecule has 1 aromatic carbocycles. The summed E-state index contributed by atoms with van der Waals surface area (Å²) in [6.45, 7) is 2.11. The average Bonchev–Trinajstić information content (AvgIpc) is 3.11. The van der Waals surface area contributed by atoms with Gasteiger partial charge in [-0.25, -0.2) is 0 Å². The molecule has 1 N–H and O–H groups in total. The molecule has 0 aromatic heterocycles. The summed E-state index contributed by atoms with van der Waals surface area (Å²) in [4.78, 5) is 14.9. The second-order valence-electron chi connectivity index (χ2n) is 6.04. The smallest absolute Gasteiger partial charge is 0.254 e. The second-order valence-corrected chi connectivity index (χ2v) is 6.85. The molecule has 5 heteroatoms. The van der Waals surface area contributed by atoms with E-state index in [1.165, 1.54) is 0 Å². The number of hydrogen-bond donors (Lipinski definition) is 1. The molecule has 0 aliphatic carbocycles. The van der Waals surface area contributed by atoms with Crippen molar-refractivity contribution in [3.63, 3.8) is 0 Å². The third-order valence-electron chi connectivity index (χ3n) is 5.17. The van der Waals surface area contributed by atoms with Crippen molar-refractivity contribution in [3.05, 3.63) is 33.8 Å². The molecular weight excluding hydrogens is 295 g/mol. The number of fused-ring (bicyclic) bond motifs is 5. The van der Waals surface area contributed by atoms with Crippen molar-refractivity contribution in [2.75, 3.05) is 13.1 Å². The largest absolute Gasteiger partial charge is 0.332 e. The maximum Gasteiger partial charge on any atom is 0.254 e. The lowest BCUT2D eigenvalue weighted by Gasteiger charge is -2.25. The minimum absolute atomic E-state index is 0.116. The number of nitrogens with one attached hydrogen (secondary N) is 1. The predicted octanol–water partition coefficient (Wildman–Crippen LogP) is 2.82. The van der Waals surface area contributed by atoms with Gasteiger partial charge in [-0.1, -0.05) is 23.2 Å². The van der Waals surface area contributed by atoms with E-state index in [1.54, 1.807) is 18.2 Å². The maximum atomic E-state index is 12.8. The third-order valence-corrected chi connectivity index (χ3v) is 5.91. The van der Waals surface area contributed by atoms with Crippen LogP contribution in [0.2, 0.25) is 10.0 Å². The number of amides is 1. The molecule has 3 aliphatic heterocycles. The minimum Gasteiger partial charge on any atom is -0.332 e. The summed E-state index contributed by atoms with van der Waals surface area (Å²) >= 11 is 12.0. The van der Waals surface area contributed by atoms with Gasteiger partial charge in [0.2, 0.25) is 0 Å². The predicted molar refractivity (Wildman–Crippen MR) is 79.3 cm³/mol. The van der Waals surface area contributed by atoms with Gasteiger partial charge in [0.15, 0.2) is 0 Å². The third kappa shape index (κ3) is 1.73. The highest BCUT2D eigenvalue weighted by Gasteiger charge is 2.56. The summed E-state index contributed by atoms with van der Waals surface area (Å²) in [5, 5.41) is 4.41. The van der Waals surface area contributed by atoms with Crippen LogP contribution in [0.1, 0.15) is 23.2 Å². The Morgan fingerprint density at radius 3 is 2.35 bits per heavy atom. The number of hydrogen-bond acceptors (Lipinski definition) is 2. The lowest BCUT2D eigenvalue weighted by atomic mass is 9.82. The Hall–Kier alpha value is -0.770. The lowest BCUT2D eigenvalue weighted by molar-refractivity contribution is 0.0709. The normalized spacial score (nSPS) is 34.6. The fourth-order valence-electron chi connectivity index (χ4n) is 4.35. The van der Waals surface area contributed by atoms with Crippen LogP contribution in [0, 0.1) is 11.8 Å². The van der Waals surface area contributed by atoms with E-state index >= 15 is 0 Å². The zero-order valence-corrected chi connectivity index (χ0v) is 12.5. The van der Waals surface area contributed by atoms with Gasteiger partial charge in [-0.2, -0.15) is 0 Å². The van der Waals surface area contributed by atoms with E-state index in [-0.39, 0.29) is 5.91 Å². The van der Waals surface area contributed by atoms with Crippen LogP contribution in [0.15, 0.2) is 18.2 Å². The first-order valence-corrected chi connectivity index (χ1v) is 7.91. The molecule has 1 aromatic rings. The summed E-state index contributed by atoms with van der Waals surface area (Å²) in [6.07, 6.45) is 2.28. The van der Waals surface area contributed by atoms with E-state index in [9.17, 15) is 4.79 Å². The van der Waals surface area contributed by atoms with Gasteiger partial charge >= 0.3 is 0 Å². The van der Waals surface area contributed by atoms with Gasteiger partial charge in [-0.15, -0.1) is 0 Å². The zero-order valence-electron chi connectivity index (χ0n) is 11.0. The molecule has 20 heavy (non-hydrogen) atoms. The first-order chi connectivity index (χ1) is 9.66. The first kappa shape index (κ1) is 12.9. The Balaban J connectivity index is 1.65. The number of nitrogens with zero attached hydrogens (tertiary/aromatic N) is 1. The molecule has 0 spiro atoms. The summed E-state index contributed by atoms with van der Waals surface area (Å²) in [5.74, 6) is 1.39. The summed E-state index contributed by atoms with van der Waals surface area (Å²) < 4.78 is 0. The van der Waals surface area contributed by atoms with Crippen molar-refractivity contribution >= 4 is 29.1 Å². The monoisotopic (exact) mass is 310 g/mol. The van der Waals surface area contributed by atoms with Crippen LogP contribution in [0.3, 0.4) is 0 Å². The van der Waals surface area contributed by atoms with Crippen molar-refractivity contribution in [1.29, 1.82) is 0 Å². The fourth-order valence-corrected chi connectivity index (χ4v) is 4.65. The van der Waals surface area contributed by atoms with E-state index in [0.717, 1.165) is 25.9 Å². The molecule has 2 bridgehead atoms. The van der Waals surface area contributed by atoms with E-state index in [1.807, 2.05) is 0 Å². The fraction of sp³-hybridized carbons (Fsp3) is 0.533. The Labute approximate surface area is 128 Å². The first-order valence-electron chi connectivity index (χ1n) is 7.15. The van der Waals surface area contributed by atoms with Crippen LogP contribution in [0.5, 0.6) is 0 Å². The average molecular weight is 311 g/mol. The second kappa shape index (κ2) is 4.62. The molecule has 3 fully saturated rings. The maximum absolute atomic E-state index is 12.8. The molecule has 3 nitrogen and oxygen atoms in total. The Bertz CT molecular complexity index is 559. The van der Waals surface area contributed by atoms with Gasteiger partial charge in [-0.3, -0.25) is 4.79 Å².